The molecule has 0 fully saturated rings. The third-order valence-electron chi connectivity index (χ3n) is 8.87. The van der Waals surface area contributed by atoms with Gasteiger partial charge in [0.1, 0.15) is 28.6 Å². The molecule has 0 N–H and O–H groups in total. The molecule has 0 aromatic heterocycles. The summed E-state index contributed by atoms with van der Waals surface area (Å²) in [5.41, 5.74) is 0.330. The van der Waals surface area contributed by atoms with E-state index >= 15 is 0 Å². The van der Waals surface area contributed by atoms with Gasteiger partial charge in [-0.25, -0.2) is 24.0 Å². The van der Waals surface area contributed by atoms with Crippen molar-refractivity contribution in [3.63, 3.8) is 0 Å². The third-order valence-corrected chi connectivity index (χ3v) is 8.87. The van der Waals surface area contributed by atoms with Gasteiger partial charge in [0.05, 0.1) is 50.2 Å². The first-order chi connectivity index (χ1) is 29.2. The smallest absolute Gasteiger partial charge is 0.343 e. The van der Waals surface area contributed by atoms with Gasteiger partial charge in [0, 0.05) is 18.6 Å². The molecule has 13 heteroatoms. The highest BCUT2D eigenvalue weighted by Crippen LogP contribution is 2.28. The van der Waals surface area contributed by atoms with Crippen molar-refractivity contribution < 1.29 is 57.1 Å². The van der Waals surface area contributed by atoms with Gasteiger partial charge in [0.25, 0.3) is 0 Å². The van der Waals surface area contributed by atoms with Gasteiger partial charge >= 0.3 is 29.8 Å². The number of carbonyl (C=O) groups is 5. The number of hydrogen-bond acceptors (Lipinski definition) is 13. The van der Waals surface area contributed by atoms with Crippen LogP contribution in [0.1, 0.15) is 121 Å². The Morgan fingerprint density at radius 1 is 0.483 bits per heavy atom. The lowest BCUT2D eigenvalue weighted by molar-refractivity contribution is -0.138. The molecule has 0 atom stereocenters. The van der Waals surface area contributed by atoms with E-state index in [0.717, 1.165) is 89.2 Å². The van der Waals surface area contributed by atoms with E-state index in [0.29, 0.717) is 44.3 Å². The van der Waals surface area contributed by atoms with Crippen molar-refractivity contribution in [3.8, 4) is 29.1 Å². The predicted molar refractivity (Wildman–Crippen MR) is 223 cm³/mol. The van der Waals surface area contributed by atoms with Gasteiger partial charge in [-0.2, -0.15) is 5.26 Å². The van der Waals surface area contributed by atoms with Crippen LogP contribution in [0.15, 0.2) is 92.0 Å². The zero-order valence-electron chi connectivity index (χ0n) is 34.2. The highest BCUT2D eigenvalue weighted by molar-refractivity contribution is 5.97. The van der Waals surface area contributed by atoms with Gasteiger partial charge in [-0.3, -0.25) is 0 Å². The van der Waals surface area contributed by atoms with Gasteiger partial charge in [0.2, 0.25) is 0 Å². The van der Waals surface area contributed by atoms with Crippen LogP contribution in [-0.2, 0) is 23.8 Å². The second-order valence-corrected chi connectivity index (χ2v) is 13.6. The maximum absolute atomic E-state index is 13.1. The Bertz CT molecular complexity index is 1860. The third kappa shape index (κ3) is 19.4. The van der Waals surface area contributed by atoms with Crippen molar-refractivity contribution in [2.75, 3.05) is 33.0 Å². The molecule has 0 heterocycles. The van der Waals surface area contributed by atoms with Crippen molar-refractivity contribution in [1.29, 1.82) is 5.26 Å². The molecule has 0 amide bonds. The summed E-state index contributed by atoms with van der Waals surface area (Å²) >= 11 is 0. The molecule has 3 rings (SSSR count). The molecule has 0 spiro atoms. The fourth-order valence-electron chi connectivity index (χ4n) is 5.58. The quantitative estimate of drug-likeness (QED) is 0.0205. The lowest BCUT2D eigenvalue weighted by Gasteiger charge is -2.13. The zero-order chi connectivity index (χ0) is 43.2. The summed E-state index contributed by atoms with van der Waals surface area (Å²) in [7, 11) is 0. The molecule has 3 aromatic rings. The Kier molecular flexibility index (Phi) is 23.1. The van der Waals surface area contributed by atoms with E-state index in [1.807, 2.05) is 6.07 Å². The lowest BCUT2D eigenvalue weighted by Crippen LogP contribution is -2.14. The number of ether oxygens (including phenoxy) is 7. The minimum atomic E-state index is -0.820. The van der Waals surface area contributed by atoms with E-state index in [4.69, 9.17) is 38.4 Å². The number of esters is 5. The summed E-state index contributed by atoms with van der Waals surface area (Å²) in [6, 6.07) is 18.9. The van der Waals surface area contributed by atoms with Crippen LogP contribution in [-0.4, -0.2) is 62.9 Å². The monoisotopic (exact) mass is 825 g/mol. The molecule has 0 aliphatic carbocycles. The Morgan fingerprint density at radius 2 is 0.900 bits per heavy atom. The second-order valence-electron chi connectivity index (χ2n) is 13.6. The Hall–Kier alpha value is -6.42. The first kappa shape index (κ1) is 48.0. The van der Waals surface area contributed by atoms with Crippen LogP contribution in [0.3, 0.4) is 0 Å². The Balaban J connectivity index is 1.48. The summed E-state index contributed by atoms with van der Waals surface area (Å²) in [6.07, 6.45) is 14.3. The van der Waals surface area contributed by atoms with Gasteiger partial charge in [0.15, 0.2) is 0 Å². The second kappa shape index (κ2) is 28.9. The van der Waals surface area contributed by atoms with Gasteiger partial charge in [-0.05, 0) is 98.8 Å². The molecule has 0 saturated carbocycles. The maximum Gasteiger partial charge on any atom is 0.343 e. The fraction of sp³-hybridized carbons (Fsp3) is 0.404. The average Bonchev–Trinajstić information content (AvgIpc) is 3.26. The molecule has 0 saturated heterocycles. The lowest BCUT2D eigenvalue weighted by atomic mass is 10.1. The molecule has 13 nitrogen and oxygen atoms in total. The molecule has 0 radical (unpaired) electrons. The van der Waals surface area contributed by atoms with Crippen LogP contribution in [0.5, 0.6) is 23.0 Å². The number of benzene rings is 3. The molecule has 60 heavy (non-hydrogen) atoms. The van der Waals surface area contributed by atoms with Gasteiger partial charge in [-0.15, -0.1) is 0 Å². The van der Waals surface area contributed by atoms with E-state index in [2.05, 4.69) is 13.2 Å². The Morgan fingerprint density at radius 3 is 1.37 bits per heavy atom. The van der Waals surface area contributed by atoms with Crippen LogP contribution < -0.4 is 18.9 Å². The predicted octanol–water partition coefficient (Wildman–Crippen LogP) is 9.48. The van der Waals surface area contributed by atoms with Crippen LogP contribution in [0.25, 0.3) is 0 Å². The van der Waals surface area contributed by atoms with Crippen molar-refractivity contribution >= 4 is 29.8 Å². The molecule has 0 aliphatic rings. The van der Waals surface area contributed by atoms with E-state index in [-0.39, 0.29) is 41.2 Å². The largest absolute Gasteiger partial charge is 0.494 e. The Labute approximate surface area is 352 Å². The summed E-state index contributed by atoms with van der Waals surface area (Å²) in [6.45, 7) is 8.55. The molecular formula is C47H55NO12. The maximum atomic E-state index is 13.1. The summed E-state index contributed by atoms with van der Waals surface area (Å²) in [4.78, 5) is 61.4. The van der Waals surface area contributed by atoms with E-state index in [1.165, 1.54) is 18.2 Å². The summed E-state index contributed by atoms with van der Waals surface area (Å²) < 4.78 is 38.1. The topological polar surface area (TPSA) is 174 Å². The highest BCUT2D eigenvalue weighted by Gasteiger charge is 2.21. The number of hydrogen-bond donors (Lipinski definition) is 0. The minimum Gasteiger partial charge on any atom is -0.494 e. The van der Waals surface area contributed by atoms with Crippen LogP contribution in [0.4, 0.5) is 0 Å². The minimum absolute atomic E-state index is 0.0231. The van der Waals surface area contributed by atoms with Crippen LogP contribution in [0.2, 0.25) is 0 Å². The van der Waals surface area contributed by atoms with Crippen molar-refractivity contribution in [2.45, 2.75) is 89.9 Å². The molecule has 320 valence electrons. The fourth-order valence-corrected chi connectivity index (χ4v) is 5.58. The van der Waals surface area contributed by atoms with Crippen molar-refractivity contribution in [3.05, 3.63) is 109 Å². The van der Waals surface area contributed by atoms with Gasteiger partial charge in [-0.1, -0.05) is 64.5 Å². The first-order valence-electron chi connectivity index (χ1n) is 20.4. The molecule has 0 bridgehead atoms. The van der Waals surface area contributed by atoms with Crippen LogP contribution in [0, 0.1) is 11.3 Å². The summed E-state index contributed by atoms with van der Waals surface area (Å²) in [5.74, 6) is -1.91. The zero-order valence-corrected chi connectivity index (χ0v) is 34.2. The van der Waals surface area contributed by atoms with E-state index < -0.39 is 29.8 Å². The normalized spacial score (nSPS) is 10.4. The molecule has 0 unspecified atom stereocenters. The molecule has 3 aromatic carbocycles. The number of nitriles is 1. The van der Waals surface area contributed by atoms with Gasteiger partial charge < -0.3 is 33.2 Å². The average molecular weight is 826 g/mol. The van der Waals surface area contributed by atoms with Crippen molar-refractivity contribution in [2.24, 2.45) is 0 Å². The number of nitrogens with zero attached hydrogens (tertiary/aromatic N) is 1. The van der Waals surface area contributed by atoms with E-state index in [9.17, 15) is 24.0 Å². The molecular weight excluding hydrogens is 771 g/mol. The molecule has 0 aliphatic heterocycles. The van der Waals surface area contributed by atoms with Crippen molar-refractivity contribution in [1.82, 2.24) is 0 Å². The van der Waals surface area contributed by atoms with E-state index in [1.54, 1.807) is 48.5 Å². The number of rotatable bonds is 30. The summed E-state index contributed by atoms with van der Waals surface area (Å²) in [5, 5.41) is 8.84. The first-order valence-corrected chi connectivity index (χ1v) is 20.4. The number of carbonyl (C=O) groups excluding carboxylic acids is 5. The standard InChI is InChI=1S/C47H55NO12/c1-3-43(49)56-32-16-11-7-5-9-14-30-54-38-23-19-36(20-24-38)45(51)59-40-27-28-42(41(35-40)47(53)58-34-18-13-29-48)60-46(52)37-21-25-39(26-22-37)55-31-15-10-6-8-12-17-33-57-44(50)4-2/h3-4,19-28,35H,1-2,5-18,30-34H2. The van der Waals surface area contributed by atoms with Crippen LogP contribution >= 0.6 is 0 Å². The highest BCUT2D eigenvalue weighted by atomic mass is 16.6. The SMILES string of the molecule is C=CC(=O)OCCCCCCCCOc1ccc(C(=O)Oc2ccc(OC(=O)c3ccc(OCCCCCCCCOC(=O)C=C)cc3)c(C(=O)OCCCC#N)c2)cc1. The number of unbranched alkanes of at least 4 members (excludes halogenated alkanes) is 11.